The number of pyridine rings is 1. The topological polar surface area (TPSA) is 76.6 Å². The Balaban J connectivity index is 2.84. The minimum absolute atomic E-state index is 0.256. The highest BCUT2D eigenvalue weighted by atomic mass is 32.2. The Bertz CT molecular complexity index is 960. The Morgan fingerprint density at radius 3 is 2.35 bits per heavy atom. The van der Waals surface area contributed by atoms with Crippen LogP contribution in [-0.2, 0) is 20.2 Å². The number of fused-ring (bicyclic) bond motifs is 1. The van der Waals surface area contributed by atoms with Gasteiger partial charge in [-0.1, -0.05) is 20.8 Å². The molecule has 0 radical (unpaired) electrons. The average Bonchev–Trinajstić information content (AvgIpc) is 2.51. The molecule has 0 aliphatic heterocycles. The fourth-order valence-corrected chi connectivity index (χ4v) is 3.22. The Morgan fingerprint density at radius 1 is 1.23 bits per heavy atom. The van der Waals surface area contributed by atoms with E-state index in [1.807, 2.05) is 33.8 Å². The minimum atomic E-state index is -3.39. The number of sulfonamides is 1. The Kier molecular flexibility index (Phi) is 5.33. The van der Waals surface area contributed by atoms with E-state index in [1.54, 1.807) is 19.1 Å². The molecule has 0 saturated carbocycles. The van der Waals surface area contributed by atoms with Crippen molar-refractivity contribution >= 4 is 32.6 Å². The van der Waals surface area contributed by atoms with Gasteiger partial charge >= 0.3 is 5.97 Å². The number of aryl methyl sites for hydroxylation is 1. The molecule has 1 aromatic heterocycles. The number of nitrogens with zero attached hydrogens (tertiary/aromatic N) is 2. The van der Waals surface area contributed by atoms with E-state index in [4.69, 9.17) is 4.74 Å². The quantitative estimate of drug-likeness (QED) is 0.762. The summed E-state index contributed by atoms with van der Waals surface area (Å²) >= 11 is 0. The molecule has 2 aromatic rings. The van der Waals surface area contributed by atoms with Crippen molar-refractivity contribution in [3.8, 4) is 0 Å². The average molecular weight is 378 g/mol. The highest BCUT2D eigenvalue weighted by Crippen LogP contribution is 2.35. The van der Waals surface area contributed by atoms with Gasteiger partial charge in [-0.3, -0.25) is 4.31 Å². The SMILES string of the molecule is CCOC(=O)c1cc(C)c2cc(N(C)S(C)(=O)=O)cc(C(C)(C)C)c2n1. The number of aromatic nitrogens is 1. The Hall–Kier alpha value is -2.15. The summed E-state index contributed by atoms with van der Waals surface area (Å²) in [5.41, 5.74) is 2.93. The standard InChI is InChI=1S/C19H26N2O4S/c1-8-25-18(22)16-9-12(2)14-10-13(21(6)26(7,23)24)11-15(17(14)20-16)19(3,4)5/h9-11H,8H2,1-7H3. The van der Waals surface area contributed by atoms with Crippen LogP contribution in [-0.4, -0.2) is 39.3 Å². The van der Waals surface area contributed by atoms with Crippen LogP contribution in [0.5, 0.6) is 0 Å². The molecule has 0 bridgehead atoms. The number of hydrogen-bond donors (Lipinski definition) is 0. The molecular weight excluding hydrogens is 352 g/mol. The van der Waals surface area contributed by atoms with Crippen LogP contribution in [0.2, 0.25) is 0 Å². The third-order valence-corrected chi connectivity index (χ3v) is 5.46. The van der Waals surface area contributed by atoms with Gasteiger partial charge in [0.25, 0.3) is 0 Å². The lowest BCUT2D eigenvalue weighted by molar-refractivity contribution is 0.0520. The number of carbonyl (C=O) groups is 1. The number of ether oxygens (including phenoxy) is 1. The summed E-state index contributed by atoms with van der Waals surface area (Å²) < 4.78 is 30.3. The van der Waals surface area contributed by atoms with Crippen LogP contribution in [0.3, 0.4) is 0 Å². The highest BCUT2D eigenvalue weighted by Gasteiger charge is 2.24. The van der Waals surface area contributed by atoms with Crippen LogP contribution in [0.15, 0.2) is 18.2 Å². The molecule has 2 rings (SSSR count). The summed E-state index contributed by atoms with van der Waals surface area (Å²) in [7, 11) is -1.86. The molecule has 0 saturated heterocycles. The predicted molar refractivity (Wildman–Crippen MR) is 104 cm³/mol. The van der Waals surface area contributed by atoms with E-state index in [-0.39, 0.29) is 17.7 Å². The molecule has 26 heavy (non-hydrogen) atoms. The summed E-state index contributed by atoms with van der Waals surface area (Å²) in [4.78, 5) is 16.7. The van der Waals surface area contributed by atoms with Crippen molar-refractivity contribution in [1.29, 1.82) is 0 Å². The first kappa shape index (κ1) is 20.2. The maximum atomic E-state index is 12.1. The lowest BCUT2D eigenvalue weighted by Crippen LogP contribution is -2.25. The normalized spacial score (nSPS) is 12.3. The largest absolute Gasteiger partial charge is 0.461 e. The zero-order chi connectivity index (χ0) is 19.9. The van der Waals surface area contributed by atoms with Gasteiger partial charge in [0.2, 0.25) is 10.0 Å². The van der Waals surface area contributed by atoms with Gasteiger partial charge in [0, 0.05) is 12.4 Å². The van der Waals surface area contributed by atoms with E-state index in [2.05, 4.69) is 4.98 Å². The number of benzene rings is 1. The molecular formula is C19H26N2O4S. The third-order valence-electron chi connectivity index (χ3n) is 4.26. The molecule has 142 valence electrons. The monoisotopic (exact) mass is 378 g/mol. The molecule has 1 aromatic carbocycles. The highest BCUT2D eigenvalue weighted by molar-refractivity contribution is 7.92. The molecule has 7 heteroatoms. The lowest BCUT2D eigenvalue weighted by atomic mass is 9.84. The fraction of sp³-hybridized carbons (Fsp3) is 0.474. The van der Waals surface area contributed by atoms with Gasteiger partial charge in [-0.2, -0.15) is 0 Å². The summed E-state index contributed by atoms with van der Waals surface area (Å²) in [6, 6.07) is 5.30. The Morgan fingerprint density at radius 2 is 1.85 bits per heavy atom. The van der Waals surface area contributed by atoms with E-state index >= 15 is 0 Å². The number of anilines is 1. The van der Waals surface area contributed by atoms with E-state index in [1.165, 1.54) is 17.6 Å². The van der Waals surface area contributed by atoms with Gasteiger partial charge in [-0.15, -0.1) is 0 Å². The number of carbonyl (C=O) groups excluding carboxylic acids is 1. The number of hydrogen-bond acceptors (Lipinski definition) is 5. The predicted octanol–water partition coefficient (Wildman–Crippen LogP) is 3.41. The first-order valence-electron chi connectivity index (χ1n) is 8.43. The second-order valence-corrected chi connectivity index (χ2v) is 9.43. The van der Waals surface area contributed by atoms with Crippen molar-refractivity contribution in [1.82, 2.24) is 4.98 Å². The number of esters is 1. The van der Waals surface area contributed by atoms with Gasteiger partial charge in [-0.25, -0.2) is 18.2 Å². The summed E-state index contributed by atoms with van der Waals surface area (Å²) in [6.07, 6.45) is 1.17. The van der Waals surface area contributed by atoms with E-state index in [9.17, 15) is 13.2 Å². The van der Waals surface area contributed by atoms with Crippen LogP contribution in [0, 0.1) is 6.92 Å². The van der Waals surface area contributed by atoms with Crippen molar-refractivity contribution in [2.45, 2.75) is 40.0 Å². The Labute approximate surface area is 155 Å². The van der Waals surface area contributed by atoms with Crippen LogP contribution in [0.25, 0.3) is 10.9 Å². The van der Waals surface area contributed by atoms with Crippen molar-refractivity contribution in [3.05, 3.63) is 35.0 Å². The fourth-order valence-electron chi connectivity index (χ4n) is 2.73. The van der Waals surface area contributed by atoms with Crippen molar-refractivity contribution in [2.24, 2.45) is 0 Å². The number of rotatable bonds is 4. The van der Waals surface area contributed by atoms with Crippen molar-refractivity contribution < 1.29 is 17.9 Å². The van der Waals surface area contributed by atoms with Gasteiger partial charge in [-0.05, 0) is 48.6 Å². The summed E-state index contributed by atoms with van der Waals surface area (Å²) in [5.74, 6) is -0.463. The molecule has 1 heterocycles. The first-order chi connectivity index (χ1) is 11.9. The van der Waals surface area contributed by atoms with E-state index < -0.39 is 16.0 Å². The zero-order valence-corrected chi connectivity index (χ0v) is 17.2. The van der Waals surface area contributed by atoms with Crippen LogP contribution in [0.4, 0.5) is 5.69 Å². The lowest BCUT2D eigenvalue weighted by Gasteiger charge is -2.25. The zero-order valence-electron chi connectivity index (χ0n) is 16.4. The maximum Gasteiger partial charge on any atom is 0.356 e. The first-order valence-corrected chi connectivity index (χ1v) is 10.3. The molecule has 0 aliphatic carbocycles. The van der Waals surface area contributed by atoms with Crippen LogP contribution < -0.4 is 4.31 Å². The van der Waals surface area contributed by atoms with Gasteiger partial charge in [0.05, 0.1) is 24.1 Å². The van der Waals surface area contributed by atoms with E-state index in [0.29, 0.717) is 11.2 Å². The van der Waals surface area contributed by atoms with Crippen LogP contribution in [0.1, 0.15) is 49.3 Å². The minimum Gasteiger partial charge on any atom is -0.461 e. The molecule has 0 aliphatic rings. The molecule has 0 amide bonds. The van der Waals surface area contributed by atoms with Crippen LogP contribution >= 0.6 is 0 Å². The molecule has 0 fully saturated rings. The van der Waals surface area contributed by atoms with Gasteiger partial charge < -0.3 is 4.74 Å². The van der Waals surface area contributed by atoms with Crippen molar-refractivity contribution in [2.75, 3.05) is 24.2 Å². The summed E-state index contributed by atoms with van der Waals surface area (Å²) in [5, 5.41) is 0.816. The molecule has 0 atom stereocenters. The second-order valence-electron chi connectivity index (χ2n) is 7.41. The second kappa shape index (κ2) is 6.87. The maximum absolute atomic E-state index is 12.1. The van der Waals surface area contributed by atoms with Crippen molar-refractivity contribution in [3.63, 3.8) is 0 Å². The molecule has 6 nitrogen and oxygen atoms in total. The van der Waals surface area contributed by atoms with Gasteiger partial charge in [0.1, 0.15) is 5.69 Å². The summed E-state index contributed by atoms with van der Waals surface area (Å²) in [6.45, 7) is 9.99. The van der Waals surface area contributed by atoms with E-state index in [0.717, 1.165) is 16.5 Å². The molecule has 0 spiro atoms. The molecule has 0 N–H and O–H groups in total. The van der Waals surface area contributed by atoms with Gasteiger partial charge in [0.15, 0.2) is 0 Å². The molecule has 0 unspecified atom stereocenters. The third kappa shape index (κ3) is 3.98. The smallest absolute Gasteiger partial charge is 0.356 e.